The molecule has 0 aliphatic carbocycles. The second kappa shape index (κ2) is 9.80. The molecule has 31 heavy (non-hydrogen) atoms. The minimum atomic E-state index is -0.520. The van der Waals surface area contributed by atoms with E-state index < -0.39 is 11.8 Å². The smallest absolute Gasteiger partial charge is 0.272 e. The summed E-state index contributed by atoms with van der Waals surface area (Å²) < 4.78 is 2.39. The molecule has 160 valence electrons. The highest BCUT2D eigenvalue weighted by Gasteiger charge is 2.21. The molecule has 7 nitrogen and oxygen atoms in total. The first-order chi connectivity index (χ1) is 14.7. The molecule has 0 atom stereocenters. The average molecular weight is 571 g/mol. The van der Waals surface area contributed by atoms with E-state index in [0.29, 0.717) is 27.1 Å². The number of Topliss-reactive ketones (excluding diaryl/α,β-unsaturated/α-hetero) is 1. The van der Waals surface area contributed by atoms with Gasteiger partial charge in [0, 0.05) is 21.0 Å². The second-order valence-corrected chi connectivity index (χ2v) is 8.80. The molecule has 0 saturated carbocycles. The molecule has 0 aliphatic rings. The van der Waals surface area contributed by atoms with Crippen molar-refractivity contribution in [2.75, 3.05) is 11.9 Å². The van der Waals surface area contributed by atoms with Crippen LogP contribution < -0.4 is 10.6 Å². The molecule has 0 unspecified atom stereocenters. The second-order valence-electron chi connectivity index (χ2n) is 6.71. The Morgan fingerprint density at radius 3 is 2.58 bits per heavy atom. The number of pyridine rings is 1. The number of rotatable bonds is 6. The molecule has 0 saturated heterocycles. The van der Waals surface area contributed by atoms with Crippen molar-refractivity contribution in [2.45, 2.75) is 13.8 Å². The number of carbonyl (C=O) groups excluding carboxylic acids is 3. The lowest BCUT2D eigenvalue weighted by atomic mass is 10.1. The summed E-state index contributed by atoms with van der Waals surface area (Å²) in [5.41, 5.74) is 1.33. The van der Waals surface area contributed by atoms with Crippen LogP contribution in [0.2, 0.25) is 10.0 Å². The number of ketones is 1. The summed E-state index contributed by atoms with van der Waals surface area (Å²) in [4.78, 5) is 41.3. The van der Waals surface area contributed by atoms with E-state index in [2.05, 4.69) is 38.2 Å². The maximum Gasteiger partial charge on any atom is 0.272 e. The molecule has 0 spiro atoms. The summed E-state index contributed by atoms with van der Waals surface area (Å²) in [5.74, 6) is -0.772. The summed E-state index contributed by atoms with van der Waals surface area (Å²) in [6.07, 6.45) is 3.31. The summed E-state index contributed by atoms with van der Waals surface area (Å²) >= 11 is 14.5. The Labute approximate surface area is 202 Å². The van der Waals surface area contributed by atoms with E-state index in [-0.39, 0.29) is 23.6 Å². The Morgan fingerprint density at radius 1 is 1.16 bits per heavy atom. The minimum absolute atomic E-state index is 0.128. The number of aromatic nitrogens is 2. The van der Waals surface area contributed by atoms with Gasteiger partial charge in [-0.2, -0.15) is 0 Å². The van der Waals surface area contributed by atoms with Gasteiger partial charge in [0.15, 0.2) is 5.82 Å². The topological polar surface area (TPSA) is 93.1 Å². The average Bonchev–Trinajstić information content (AvgIpc) is 3.09. The number of hydrogen-bond acceptors (Lipinski definition) is 4. The summed E-state index contributed by atoms with van der Waals surface area (Å²) in [6.45, 7) is 2.96. The summed E-state index contributed by atoms with van der Waals surface area (Å²) in [7, 11) is 0. The molecule has 2 aromatic heterocycles. The number of carbonyl (C=O) groups is 3. The van der Waals surface area contributed by atoms with Crippen molar-refractivity contribution in [3.05, 3.63) is 73.2 Å². The standard InChI is InChI=1S/C21H17Cl2IN4O3/c1-11-6-13(22)7-15(20(30)26-9-12(2)29)18(11)27-21(31)17-8-14(24)10-28(17)19-16(23)4-3-5-25-19/h3-8,10H,9H2,1-2H3,(H,26,30)(H,27,31). The zero-order chi connectivity index (χ0) is 22.7. The number of halogens is 3. The summed E-state index contributed by atoms with van der Waals surface area (Å²) in [6, 6.07) is 8.14. The maximum absolute atomic E-state index is 13.2. The van der Waals surface area contributed by atoms with Gasteiger partial charge in [0.1, 0.15) is 11.5 Å². The van der Waals surface area contributed by atoms with Crippen LogP contribution in [0.5, 0.6) is 0 Å². The van der Waals surface area contributed by atoms with Crippen LogP contribution in [0.25, 0.3) is 5.82 Å². The first kappa shape index (κ1) is 23.2. The van der Waals surface area contributed by atoms with Crippen molar-refractivity contribution < 1.29 is 14.4 Å². The molecule has 1 aromatic carbocycles. The molecule has 10 heteroatoms. The van der Waals surface area contributed by atoms with Gasteiger partial charge in [-0.1, -0.05) is 23.2 Å². The van der Waals surface area contributed by atoms with Crippen LogP contribution in [-0.2, 0) is 4.79 Å². The Morgan fingerprint density at radius 2 is 1.90 bits per heavy atom. The first-order valence-electron chi connectivity index (χ1n) is 9.05. The number of nitrogens with zero attached hydrogens (tertiary/aromatic N) is 2. The molecular formula is C21H17Cl2IN4O3. The van der Waals surface area contributed by atoms with Crippen LogP contribution in [0, 0.1) is 10.5 Å². The maximum atomic E-state index is 13.2. The quantitative estimate of drug-likeness (QED) is 0.421. The molecule has 3 aromatic rings. The van der Waals surface area contributed by atoms with Crippen molar-refractivity contribution in [3.63, 3.8) is 0 Å². The van der Waals surface area contributed by atoms with Gasteiger partial charge in [-0.3, -0.25) is 19.0 Å². The molecule has 2 N–H and O–H groups in total. The van der Waals surface area contributed by atoms with Crippen LogP contribution in [0.3, 0.4) is 0 Å². The van der Waals surface area contributed by atoms with Crippen LogP contribution in [0.4, 0.5) is 5.69 Å². The molecule has 2 amide bonds. The normalized spacial score (nSPS) is 10.6. The molecule has 0 bridgehead atoms. The largest absolute Gasteiger partial charge is 0.345 e. The Kier molecular flexibility index (Phi) is 7.34. The molecule has 0 radical (unpaired) electrons. The van der Waals surface area contributed by atoms with E-state index in [4.69, 9.17) is 23.2 Å². The number of amides is 2. The Bertz CT molecular complexity index is 1190. The molecule has 0 aliphatic heterocycles. The fourth-order valence-electron chi connectivity index (χ4n) is 2.90. The van der Waals surface area contributed by atoms with Gasteiger partial charge in [-0.15, -0.1) is 0 Å². The molecule has 2 heterocycles. The van der Waals surface area contributed by atoms with Gasteiger partial charge in [-0.05, 0) is 72.3 Å². The van der Waals surface area contributed by atoms with E-state index in [1.54, 1.807) is 48.1 Å². The third-order valence-electron chi connectivity index (χ3n) is 4.27. The van der Waals surface area contributed by atoms with Crippen molar-refractivity contribution in [1.29, 1.82) is 0 Å². The Balaban J connectivity index is 1.99. The highest BCUT2D eigenvalue weighted by molar-refractivity contribution is 14.1. The highest BCUT2D eigenvalue weighted by Crippen LogP contribution is 2.28. The van der Waals surface area contributed by atoms with Crippen LogP contribution >= 0.6 is 45.8 Å². The number of hydrogen-bond donors (Lipinski definition) is 2. The fourth-order valence-corrected chi connectivity index (χ4v) is 3.96. The number of anilines is 1. The fraction of sp³-hybridized carbons (Fsp3) is 0.143. The van der Waals surface area contributed by atoms with Gasteiger partial charge in [0.25, 0.3) is 11.8 Å². The van der Waals surface area contributed by atoms with E-state index in [9.17, 15) is 14.4 Å². The SMILES string of the molecule is CC(=O)CNC(=O)c1cc(Cl)cc(C)c1NC(=O)c1cc(I)cn1-c1ncccc1Cl. The van der Waals surface area contributed by atoms with Crippen LogP contribution in [-0.4, -0.2) is 33.7 Å². The number of nitrogens with one attached hydrogen (secondary N) is 2. The van der Waals surface area contributed by atoms with Gasteiger partial charge in [0.05, 0.1) is 22.8 Å². The minimum Gasteiger partial charge on any atom is -0.345 e. The van der Waals surface area contributed by atoms with Crippen molar-refractivity contribution in [1.82, 2.24) is 14.9 Å². The third-order valence-corrected chi connectivity index (χ3v) is 5.37. The summed E-state index contributed by atoms with van der Waals surface area (Å²) in [5, 5.41) is 6.04. The third kappa shape index (κ3) is 5.44. The van der Waals surface area contributed by atoms with Gasteiger partial charge in [-0.25, -0.2) is 4.98 Å². The highest BCUT2D eigenvalue weighted by atomic mass is 127. The first-order valence-corrected chi connectivity index (χ1v) is 10.9. The molecule has 3 rings (SSSR count). The number of benzene rings is 1. The van der Waals surface area contributed by atoms with E-state index in [1.807, 2.05) is 0 Å². The van der Waals surface area contributed by atoms with Gasteiger partial charge in [0.2, 0.25) is 0 Å². The monoisotopic (exact) mass is 570 g/mol. The zero-order valence-corrected chi connectivity index (χ0v) is 20.2. The molecular weight excluding hydrogens is 554 g/mol. The Hall–Kier alpha value is -2.43. The van der Waals surface area contributed by atoms with Crippen molar-refractivity contribution in [2.24, 2.45) is 0 Å². The van der Waals surface area contributed by atoms with Crippen LogP contribution in [0.1, 0.15) is 33.3 Å². The lowest BCUT2D eigenvalue weighted by Crippen LogP contribution is -2.29. The lowest BCUT2D eigenvalue weighted by Gasteiger charge is -2.15. The van der Waals surface area contributed by atoms with Crippen molar-refractivity contribution >= 4 is 69.1 Å². The zero-order valence-electron chi connectivity index (χ0n) is 16.5. The van der Waals surface area contributed by atoms with E-state index in [1.165, 1.54) is 13.0 Å². The predicted molar refractivity (Wildman–Crippen MR) is 128 cm³/mol. The van der Waals surface area contributed by atoms with Gasteiger partial charge < -0.3 is 10.6 Å². The number of aryl methyl sites for hydroxylation is 1. The van der Waals surface area contributed by atoms with Gasteiger partial charge >= 0.3 is 0 Å². The van der Waals surface area contributed by atoms with Crippen molar-refractivity contribution in [3.8, 4) is 5.82 Å². The lowest BCUT2D eigenvalue weighted by molar-refractivity contribution is -0.116. The predicted octanol–water partition coefficient (Wildman–Crippen LogP) is 4.66. The van der Waals surface area contributed by atoms with Crippen LogP contribution in [0.15, 0.2) is 42.7 Å². The van der Waals surface area contributed by atoms with E-state index >= 15 is 0 Å². The molecule has 0 fully saturated rings. The van der Waals surface area contributed by atoms with E-state index in [0.717, 1.165) is 3.57 Å².